The Bertz CT molecular complexity index is 1100. The van der Waals surface area contributed by atoms with Crippen molar-refractivity contribution in [3.8, 4) is 0 Å². The quantitative estimate of drug-likeness (QED) is 0.747. The summed E-state index contributed by atoms with van der Waals surface area (Å²) in [5, 5.41) is 6.25. The van der Waals surface area contributed by atoms with E-state index in [2.05, 4.69) is 9.88 Å². The number of rotatable bonds is 3. The maximum Gasteiger partial charge on any atom is 0.240 e. The Morgan fingerprint density at radius 2 is 1.59 bits per heavy atom. The van der Waals surface area contributed by atoms with Crippen molar-refractivity contribution >= 4 is 32.3 Å². The summed E-state index contributed by atoms with van der Waals surface area (Å²) in [6, 6.07) is 13.3. The Morgan fingerprint density at radius 3 is 2.30 bits per heavy atom. The molecule has 0 unspecified atom stereocenters. The number of nitrogens with two attached hydrogens (primary N) is 1. The lowest BCUT2D eigenvalue weighted by atomic mass is 10.1. The first-order valence-corrected chi connectivity index (χ1v) is 10.1. The molecule has 0 amide bonds. The molecule has 1 aliphatic rings. The maximum absolute atomic E-state index is 13.5. The molecule has 0 spiro atoms. The predicted molar refractivity (Wildman–Crippen MR) is 104 cm³/mol. The topological polar surface area (TPSA) is 79.5 Å². The average Bonchev–Trinajstić information content (AvgIpc) is 2.67. The molecule has 0 radical (unpaired) electrons. The van der Waals surface area contributed by atoms with E-state index in [0.29, 0.717) is 37.4 Å². The van der Waals surface area contributed by atoms with E-state index >= 15 is 0 Å². The second kappa shape index (κ2) is 6.79. The lowest BCUT2D eigenvalue weighted by Gasteiger charge is -2.38. The first-order chi connectivity index (χ1) is 12.9. The van der Waals surface area contributed by atoms with Gasteiger partial charge in [0, 0.05) is 49.5 Å². The number of fused-ring (bicyclic) bond motifs is 1. The molecule has 1 fully saturated rings. The van der Waals surface area contributed by atoms with Crippen LogP contribution in [0, 0.1) is 5.82 Å². The summed E-state index contributed by atoms with van der Waals surface area (Å²) in [7, 11) is -3.78. The number of para-hydroxylation sites is 1. The van der Waals surface area contributed by atoms with Crippen LogP contribution in [0.15, 0.2) is 59.6 Å². The van der Waals surface area contributed by atoms with Gasteiger partial charge in [0.1, 0.15) is 10.7 Å². The van der Waals surface area contributed by atoms with E-state index in [1.165, 1.54) is 18.2 Å². The Labute approximate surface area is 157 Å². The van der Waals surface area contributed by atoms with E-state index in [1.807, 2.05) is 11.0 Å². The zero-order valence-corrected chi connectivity index (χ0v) is 15.4. The normalized spacial score (nSPS) is 15.3. The third-order valence-corrected chi connectivity index (χ3v) is 5.77. The molecule has 2 N–H and O–H groups in total. The molecule has 0 saturated carbocycles. The van der Waals surface area contributed by atoms with Crippen LogP contribution in [0.4, 0.5) is 15.8 Å². The molecule has 27 heavy (non-hydrogen) atoms. The molecular weight excluding hydrogens is 367 g/mol. The summed E-state index contributed by atoms with van der Waals surface area (Å²) < 4.78 is 37.2. The second-order valence-electron chi connectivity index (χ2n) is 6.48. The molecular formula is C19H19FN4O2S. The van der Waals surface area contributed by atoms with E-state index in [-0.39, 0.29) is 10.7 Å². The van der Waals surface area contributed by atoms with Gasteiger partial charge >= 0.3 is 0 Å². The van der Waals surface area contributed by atoms with Crippen LogP contribution in [-0.4, -0.2) is 39.6 Å². The van der Waals surface area contributed by atoms with Gasteiger partial charge in [-0.1, -0.05) is 12.1 Å². The molecule has 2 aromatic carbocycles. The van der Waals surface area contributed by atoms with Crippen molar-refractivity contribution in [3.05, 3.63) is 60.5 Å². The number of sulfonamides is 1. The largest absolute Gasteiger partial charge is 0.367 e. The number of hydrogen-bond donors (Lipinski definition) is 1. The van der Waals surface area contributed by atoms with E-state index in [9.17, 15) is 12.8 Å². The minimum atomic E-state index is -3.78. The fourth-order valence-electron chi connectivity index (χ4n) is 3.53. The number of hydrogen-bond acceptors (Lipinski definition) is 5. The van der Waals surface area contributed by atoms with Gasteiger partial charge in [0.15, 0.2) is 0 Å². The highest BCUT2D eigenvalue weighted by molar-refractivity contribution is 7.89. The van der Waals surface area contributed by atoms with Gasteiger partial charge < -0.3 is 9.80 Å². The van der Waals surface area contributed by atoms with E-state index in [1.54, 1.807) is 30.5 Å². The van der Waals surface area contributed by atoms with Crippen LogP contribution >= 0.6 is 0 Å². The van der Waals surface area contributed by atoms with Gasteiger partial charge in [-0.25, -0.2) is 17.9 Å². The van der Waals surface area contributed by atoms with Crippen LogP contribution in [0.2, 0.25) is 0 Å². The fourth-order valence-corrected chi connectivity index (χ4v) is 4.29. The number of primary sulfonamides is 1. The second-order valence-corrected chi connectivity index (χ2v) is 8.01. The van der Waals surface area contributed by atoms with Crippen LogP contribution in [0.1, 0.15) is 0 Å². The number of anilines is 2. The van der Waals surface area contributed by atoms with E-state index in [4.69, 9.17) is 5.14 Å². The number of benzene rings is 2. The Morgan fingerprint density at radius 1 is 0.926 bits per heavy atom. The van der Waals surface area contributed by atoms with Crippen LogP contribution in [0.25, 0.3) is 10.9 Å². The van der Waals surface area contributed by atoms with Crippen LogP contribution < -0.4 is 14.9 Å². The van der Waals surface area contributed by atoms with Gasteiger partial charge in [-0.15, -0.1) is 0 Å². The molecule has 0 aliphatic carbocycles. The standard InChI is InChI=1S/C19H19FN4O2S/c20-14-5-6-15-16(13-14)22-8-7-17(15)23-9-11-24(12-10-23)18-3-1-2-4-19(18)27(21,25)26/h1-8,13H,9-12H2,(H2,21,25,26). The van der Waals surface area contributed by atoms with E-state index in [0.717, 1.165) is 11.1 Å². The minimum Gasteiger partial charge on any atom is -0.367 e. The summed E-state index contributed by atoms with van der Waals surface area (Å²) in [5.41, 5.74) is 2.25. The molecule has 1 aromatic heterocycles. The van der Waals surface area contributed by atoms with Crippen molar-refractivity contribution in [1.29, 1.82) is 0 Å². The van der Waals surface area contributed by atoms with Gasteiger partial charge in [-0.3, -0.25) is 4.98 Å². The molecule has 8 heteroatoms. The van der Waals surface area contributed by atoms with Crippen molar-refractivity contribution in [1.82, 2.24) is 4.98 Å². The van der Waals surface area contributed by atoms with E-state index < -0.39 is 10.0 Å². The lowest BCUT2D eigenvalue weighted by molar-refractivity contribution is 0.595. The molecule has 6 nitrogen and oxygen atoms in total. The molecule has 2 heterocycles. The lowest BCUT2D eigenvalue weighted by Crippen LogP contribution is -2.47. The van der Waals surface area contributed by atoms with Crippen molar-refractivity contribution in [2.45, 2.75) is 4.90 Å². The summed E-state index contributed by atoms with van der Waals surface area (Å²) in [5.74, 6) is -0.309. The van der Waals surface area contributed by atoms with Crippen molar-refractivity contribution in [3.63, 3.8) is 0 Å². The number of piperazine rings is 1. The van der Waals surface area contributed by atoms with Gasteiger partial charge in [0.2, 0.25) is 10.0 Å². The SMILES string of the molecule is NS(=O)(=O)c1ccccc1N1CCN(c2ccnc3cc(F)ccc23)CC1. The average molecular weight is 386 g/mol. The third kappa shape index (κ3) is 3.45. The Kier molecular flexibility index (Phi) is 4.45. The van der Waals surface area contributed by atoms with Crippen molar-refractivity contribution < 1.29 is 12.8 Å². The van der Waals surface area contributed by atoms with Gasteiger partial charge in [-0.05, 0) is 30.3 Å². The number of aromatic nitrogens is 1. The third-order valence-electron chi connectivity index (χ3n) is 4.81. The van der Waals surface area contributed by atoms with Crippen LogP contribution in [-0.2, 0) is 10.0 Å². The van der Waals surface area contributed by atoms with Gasteiger partial charge in [-0.2, -0.15) is 0 Å². The Hall–Kier alpha value is -2.71. The highest BCUT2D eigenvalue weighted by Crippen LogP contribution is 2.29. The van der Waals surface area contributed by atoms with Crippen LogP contribution in [0.5, 0.6) is 0 Å². The Balaban J connectivity index is 1.59. The highest BCUT2D eigenvalue weighted by Gasteiger charge is 2.23. The summed E-state index contributed by atoms with van der Waals surface area (Å²) in [6.45, 7) is 2.71. The number of pyridine rings is 1. The molecule has 3 aromatic rings. The van der Waals surface area contributed by atoms with Crippen molar-refractivity contribution in [2.75, 3.05) is 36.0 Å². The molecule has 4 rings (SSSR count). The summed E-state index contributed by atoms with van der Waals surface area (Å²) >= 11 is 0. The van der Waals surface area contributed by atoms with Crippen LogP contribution in [0.3, 0.4) is 0 Å². The zero-order chi connectivity index (χ0) is 19.0. The first-order valence-electron chi connectivity index (χ1n) is 8.59. The zero-order valence-electron chi connectivity index (χ0n) is 14.5. The van der Waals surface area contributed by atoms with Gasteiger partial charge in [0.25, 0.3) is 0 Å². The molecule has 0 atom stereocenters. The van der Waals surface area contributed by atoms with Gasteiger partial charge in [0.05, 0.1) is 11.2 Å². The molecule has 0 bridgehead atoms. The summed E-state index contributed by atoms with van der Waals surface area (Å²) in [4.78, 5) is 8.62. The maximum atomic E-state index is 13.5. The first kappa shape index (κ1) is 17.7. The predicted octanol–water partition coefficient (Wildman–Crippen LogP) is 2.35. The molecule has 140 valence electrons. The minimum absolute atomic E-state index is 0.142. The highest BCUT2D eigenvalue weighted by atomic mass is 32.2. The molecule has 1 saturated heterocycles. The fraction of sp³-hybridized carbons (Fsp3) is 0.211. The number of nitrogens with zero attached hydrogens (tertiary/aromatic N) is 3. The molecule has 1 aliphatic heterocycles. The monoisotopic (exact) mass is 386 g/mol. The number of halogens is 1. The summed E-state index contributed by atoms with van der Waals surface area (Å²) in [6.07, 6.45) is 1.68. The van der Waals surface area contributed by atoms with Crippen molar-refractivity contribution in [2.24, 2.45) is 5.14 Å². The smallest absolute Gasteiger partial charge is 0.240 e.